The Bertz CT molecular complexity index is 651. The van der Waals surface area contributed by atoms with Crippen LogP contribution in [0.15, 0.2) is 29.2 Å². The second-order valence-corrected chi connectivity index (χ2v) is 9.94. The van der Waals surface area contributed by atoms with Crippen LogP contribution in [0.1, 0.15) is 33.6 Å². The summed E-state index contributed by atoms with van der Waals surface area (Å²) in [5.74, 6) is 0.693. The van der Waals surface area contributed by atoms with Gasteiger partial charge in [0.2, 0.25) is 0 Å². The van der Waals surface area contributed by atoms with Crippen LogP contribution >= 0.6 is 0 Å². The number of para-hydroxylation sites is 1. The van der Waals surface area contributed by atoms with Gasteiger partial charge in [-0.05, 0) is 25.0 Å². The second kappa shape index (κ2) is 6.71. The standard InChI is InChI=1S/C16H25NO3S2/c1-4-16(5-2)13-17(11-12-21(16)18)14-9-7-8-10-15(14)22(19,20)6-3/h7-10H,4-6,11-13H2,1-3H3/t21-/m1/s1. The molecule has 0 radical (unpaired) electrons. The zero-order chi connectivity index (χ0) is 16.4. The fourth-order valence-corrected chi connectivity index (χ4v) is 5.92. The first-order valence-electron chi connectivity index (χ1n) is 7.85. The van der Waals surface area contributed by atoms with Crippen molar-refractivity contribution in [1.82, 2.24) is 0 Å². The van der Waals surface area contributed by atoms with Crippen molar-refractivity contribution < 1.29 is 12.6 Å². The molecule has 0 unspecified atom stereocenters. The summed E-state index contributed by atoms with van der Waals surface area (Å²) in [5, 5.41) is 0. The van der Waals surface area contributed by atoms with E-state index >= 15 is 0 Å². The molecule has 0 bridgehead atoms. The van der Waals surface area contributed by atoms with Gasteiger partial charge < -0.3 is 4.90 Å². The lowest BCUT2D eigenvalue weighted by Crippen LogP contribution is -2.53. The van der Waals surface area contributed by atoms with E-state index in [0.717, 1.165) is 18.5 Å². The molecule has 0 aliphatic carbocycles. The van der Waals surface area contributed by atoms with Crippen LogP contribution in [-0.4, -0.2) is 42.0 Å². The van der Waals surface area contributed by atoms with Gasteiger partial charge in [-0.3, -0.25) is 4.21 Å². The molecule has 1 aromatic carbocycles. The number of rotatable bonds is 5. The van der Waals surface area contributed by atoms with Gasteiger partial charge in [0.1, 0.15) is 0 Å². The van der Waals surface area contributed by atoms with Crippen LogP contribution in [0, 0.1) is 0 Å². The lowest BCUT2D eigenvalue weighted by Gasteiger charge is -2.42. The molecule has 0 N–H and O–H groups in total. The van der Waals surface area contributed by atoms with Gasteiger partial charge in [0.05, 0.1) is 21.1 Å². The minimum atomic E-state index is -3.26. The van der Waals surface area contributed by atoms with E-state index in [1.54, 1.807) is 19.1 Å². The Morgan fingerprint density at radius 2 is 1.82 bits per heavy atom. The van der Waals surface area contributed by atoms with Gasteiger partial charge in [-0.15, -0.1) is 0 Å². The summed E-state index contributed by atoms with van der Waals surface area (Å²) in [7, 11) is -4.11. The molecule has 6 heteroatoms. The van der Waals surface area contributed by atoms with Crippen molar-refractivity contribution in [3.05, 3.63) is 24.3 Å². The van der Waals surface area contributed by atoms with Gasteiger partial charge in [-0.1, -0.05) is 32.9 Å². The maximum atomic E-state index is 12.5. The van der Waals surface area contributed by atoms with Gasteiger partial charge >= 0.3 is 0 Å². The predicted molar refractivity (Wildman–Crippen MR) is 92.7 cm³/mol. The quantitative estimate of drug-likeness (QED) is 0.825. The molecule has 1 saturated heterocycles. The number of benzene rings is 1. The fraction of sp³-hybridized carbons (Fsp3) is 0.625. The maximum absolute atomic E-state index is 12.5. The summed E-state index contributed by atoms with van der Waals surface area (Å²) < 4.78 is 36.9. The highest BCUT2D eigenvalue weighted by Gasteiger charge is 2.39. The van der Waals surface area contributed by atoms with Gasteiger partial charge in [-0.2, -0.15) is 0 Å². The molecule has 0 aromatic heterocycles. The molecule has 0 spiro atoms. The van der Waals surface area contributed by atoms with Crippen molar-refractivity contribution in [1.29, 1.82) is 0 Å². The molecule has 0 amide bonds. The highest BCUT2D eigenvalue weighted by Crippen LogP contribution is 2.34. The summed E-state index contributed by atoms with van der Waals surface area (Å²) in [6, 6.07) is 7.18. The number of hydrogen-bond donors (Lipinski definition) is 0. The molecule has 1 heterocycles. The van der Waals surface area contributed by atoms with Crippen LogP contribution in [0.3, 0.4) is 0 Å². The summed E-state index contributed by atoms with van der Waals surface area (Å²) in [4.78, 5) is 2.50. The van der Waals surface area contributed by atoms with E-state index < -0.39 is 20.6 Å². The lowest BCUT2D eigenvalue weighted by atomic mass is 10.0. The Kier molecular flexibility index (Phi) is 5.33. The van der Waals surface area contributed by atoms with Crippen molar-refractivity contribution in [2.75, 3.05) is 29.5 Å². The van der Waals surface area contributed by atoms with Crippen LogP contribution in [0.25, 0.3) is 0 Å². The van der Waals surface area contributed by atoms with Crippen LogP contribution in [0.5, 0.6) is 0 Å². The van der Waals surface area contributed by atoms with Gasteiger partial charge in [-0.25, -0.2) is 8.42 Å². The van der Waals surface area contributed by atoms with E-state index in [4.69, 9.17) is 0 Å². The van der Waals surface area contributed by atoms with Gasteiger partial charge in [0.25, 0.3) is 0 Å². The third-order valence-electron chi connectivity index (χ3n) is 4.72. The highest BCUT2D eigenvalue weighted by atomic mass is 32.2. The number of anilines is 1. The first-order valence-corrected chi connectivity index (χ1v) is 10.8. The molecule has 22 heavy (non-hydrogen) atoms. The number of nitrogens with zero attached hydrogens (tertiary/aromatic N) is 1. The molecular formula is C16H25NO3S2. The third kappa shape index (κ3) is 3.08. The van der Waals surface area contributed by atoms with Crippen molar-refractivity contribution in [2.24, 2.45) is 0 Å². The minimum absolute atomic E-state index is 0.0937. The Balaban J connectivity index is 2.44. The predicted octanol–water partition coefficient (Wildman–Crippen LogP) is 2.61. The van der Waals surface area contributed by atoms with E-state index in [9.17, 15) is 12.6 Å². The SMILES string of the molecule is CCC1(CC)CN(c2ccccc2S(=O)(=O)CC)CC[S@]1=O. The van der Waals surface area contributed by atoms with Crippen molar-refractivity contribution in [3.63, 3.8) is 0 Å². The van der Waals surface area contributed by atoms with Crippen molar-refractivity contribution in [2.45, 2.75) is 43.3 Å². The Morgan fingerprint density at radius 3 is 2.41 bits per heavy atom. The Morgan fingerprint density at radius 1 is 1.18 bits per heavy atom. The minimum Gasteiger partial charge on any atom is -0.368 e. The molecule has 4 nitrogen and oxygen atoms in total. The summed E-state index contributed by atoms with van der Waals surface area (Å²) in [5.41, 5.74) is 0.757. The third-order valence-corrected chi connectivity index (χ3v) is 8.72. The van der Waals surface area contributed by atoms with Gasteiger partial charge in [0.15, 0.2) is 9.84 Å². The van der Waals surface area contributed by atoms with E-state index in [-0.39, 0.29) is 10.5 Å². The van der Waals surface area contributed by atoms with E-state index in [2.05, 4.69) is 18.7 Å². The molecule has 1 fully saturated rings. The average Bonchev–Trinajstić information content (AvgIpc) is 2.55. The van der Waals surface area contributed by atoms with Gasteiger partial charge in [0, 0.05) is 29.6 Å². The largest absolute Gasteiger partial charge is 0.368 e. The summed E-state index contributed by atoms with van der Waals surface area (Å²) in [6.07, 6.45) is 1.69. The fourth-order valence-electron chi connectivity index (χ4n) is 3.05. The first-order chi connectivity index (χ1) is 10.4. The molecule has 124 valence electrons. The molecule has 1 aromatic rings. The van der Waals surface area contributed by atoms with Crippen LogP contribution in [0.2, 0.25) is 0 Å². The Labute approximate surface area is 136 Å². The van der Waals surface area contributed by atoms with E-state index in [1.165, 1.54) is 0 Å². The van der Waals surface area contributed by atoms with Crippen LogP contribution in [-0.2, 0) is 20.6 Å². The van der Waals surface area contributed by atoms with Crippen molar-refractivity contribution >= 4 is 26.3 Å². The zero-order valence-electron chi connectivity index (χ0n) is 13.5. The molecule has 2 rings (SSSR count). The monoisotopic (exact) mass is 343 g/mol. The molecule has 1 atom stereocenters. The van der Waals surface area contributed by atoms with E-state index in [0.29, 0.717) is 23.7 Å². The van der Waals surface area contributed by atoms with Crippen LogP contribution < -0.4 is 4.90 Å². The highest BCUT2D eigenvalue weighted by molar-refractivity contribution is 7.91. The smallest absolute Gasteiger partial charge is 0.180 e. The molecular weight excluding hydrogens is 318 g/mol. The zero-order valence-corrected chi connectivity index (χ0v) is 15.2. The lowest BCUT2D eigenvalue weighted by molar-refractivity contribution is 0.495. The summed E-state index contributed by atoms with van der Waals surface area (Å²) in [6.45, 7) is 7.10. The Hall–Kier alpha value is -0.880. The molecule has 1 aliphatic rings. The van der Waals surface area contributed by atoms with Crippen molar-refractivity contribution in [3.8, 4) is 0 Å². The number of sulfone groups is 1. The summed E-state index contributed by atoms with van der Waals surface area (Å²) >= 11 is 0. The maximum Gasteiger partial charge on any atom is 0.180 e. The van der Waals surface area contributed by atoms with Crippen LogP contribution in [0.4, 0.5) is 5.69 Å². The molecule has 1 aliphatic heterocycles. The first kappa shape index (κ1) is 17.5. The normalized spacial score (nSPS) is 21.8. The number of hydrogen-bond acceptors (Lipinski definition) is 4. The average molecular weight is 344 g/mol. The molecule has 0 saturated carbocycles. The van der Waals surface area contributed by atoms with E-state index in [1.807, 2.05) is 12.1 Å². The topological polar surface area (TPSA) is 54.5 Å². The second-order valence-electron chi connectivity index (χ2n) is 5.73.